The van der Waals surface area contributed by atoms with Crippen LogP contribution in [-0.2, 0) is 13.4 Å². The highest BCUT2D eigenvalue weighted by molar-refractivity contribution is 7.60. The summed E-state index contributed by atoms with van der Waals surface area (Å²) in [6, 6.07) is 0. The van der Waals surface area contributed by atoms with Gasteiger partial charge in [-0.05, 0) is 6.92 Å². The minimum atomic E-state index is -5.05. The molecule has 0 bridgehead atoms. The monoisotopic (exact) mass is 224 g/mol. The Balaban J connectivity index is 0. The van der Waals surface area contributed by atoms with Gasteiger partial charge in [0, 0.05) is 6.61 Å². The molecule has 8 nitrogen and oxygen atoms in total. The van der Waals surface area contributed by atoms with Gasteiger partial charge in [-0.2, -0.15) is 4.31 Å². The number of aliphatic hydroxyl groups excluding tert-OH is 1. The lowest BCUT2D eigenvalue weighted by Crippen LogP contribution is -1.84. The standard InChI is InChI=1S/C2H6O.H4O7P2/c1-2-3;1-8(2,3)7-9(4,5)6/h3H,2H2,1H3;(H2,1,2,3)(H2,4,5,6). The second-order valence-electron chi connectivity index (χ2n) is 1.38. The van der Waals surface area contributed by atoms with Crippen LogP contribution >= 0.6 is 15.6 Å². The molecule has 0 heterocycles. The van der Waals surface area contributed by atoms with E-state index in [1.807, 2.05) is 0 Å². The van der Waals surface area contributed by atoms with Crippen molar-refractivity contribution in [1.82, 2.24) is 0 Å². The number of rotatable bonds is 2. The SMILES string of the molecule is CCO.O=P(O)(O)OP(=O)(O)O. The van der Waals surface area contributed by atoms with E-state index in [-0.39, 0.29) is 6.61 Å². The van der Waals surface area contributed by atoms with Crippen LogP contribution in [0.25, 0.3) is 0 Å². The Kier molecular flexibility index (Phi) is 7.11. The summed E-state index contributed by atoms with van der Waals surface area (Å²) < 4.78 is 22.2. The van der Waals surface area contributed by atoms with Gasteiger partial charge in [-0.1, -0.05) is 0 Å². The smallest absolute Gasteiger partial charge is 0.397 e. The Morgan fingerprint density at radius 3 is 1.25 bits per heavy atom. The lowest BCUT2D eigenvalue weighted by Gasteiger charge is -2.03. The molecule has 76 valence electrons. The molecule has 0 amide bonds. The van der Waals surface area contributed by atoms with E-state index in [2.05, 4.69) is 4.31 Å². The third-order valence-electron chi connectivity index (χ3n) is 0.213. The lowest BCUT2D eigenvalue weighted by molar-refractivity contribution is 0.225. The van der Waals surface area contributed by atoms with E-state index in [1.54, 1.807) is 6.92 Å². The molecule has 12 heavy (non-hydrogen) atoms. The fraction of sp³-hybridized carbons (Fsp3) is 1.00. The van der Waals surface area contributed by atoms with Crippen molar-refractivity contribution in [1.29, 1.82) is 0 Å². The third-order valence-corrected chi connectivity index (χ3v) is 1.91. The molecule has 0 spiro atoms. The second kappa shape index (κ2) is 5.80. The minimum Gasteiger partial charge on any atom is -0.397 e. The molecule has 0 saturated carbocycles. The molecule has 0 aromatic heterocycles. The van der Waals surface area contributed by atoms with E-state index in [0.29, 0.717) is 0 Å². The van der Waals surface area contributed by atoms with Gasteiger partial charge < -0.3 is 24.7 Å². The fourth-order valence-electron chi connectivity index (χ4n) is 0.139. The lowest BCUT2D eigenvalue weighted by atomic mass is 10.9. The minimum absolute atomic E-state index is 0.250. The molecular weight excluding hydrogens is 214 g/mol. The molecule has 10 heteroatoms. The van der Waals surface area contributed by atoms with E-state index in [4.69, 9.17) is 24.7 Å². The average molecular weight is 224 g/mol. The molecule has 0 saturated heterocycles. The third kappa shape index (κ3) is 22.5. The van der Waals surface area contributed by atoms with Crippen molar-refractivity contribution in [2.75, 3.05) is 6.61 Å². The molecule has 0 aliphatic rings. The van der Waals surface area contributed by atoms with E-state index >= 15 is 0 Å². The van der Waals surface area contributed by atoms with Crippen LogP contribution in [-0.4, -0.2) is 31.3 Å². The summed E-state index contributed by atoms with van der Waals surface area (Å²) in [5, 5.41) is 7.57. The van der Waals surface area contributed by atoms with Crippen LogP contribution in [0.15, 0.2) is 0 Å². The second-order valence-corrected chi connectivity index (χ2v) is 3.99. The highest BCUT2D eigenvalue weighted by Crippen LogP contribution is 2.53. The summed E-state index contributed by atoms with van der Waals surface area (Å²) in [5.41, 5.74) is 0. The van der Waals surface area contributed by atoms with Crippen LogP contribution in [0, 0.1) is 0 Å². The molecule has 0 aliphatic heterocycles. The zero-order valence-electron chi connectivity index (χ0n) is 6.06. The van der Waals surface area contributed by atoms with Gasteiger partial charge in [0.25, 0.3) is 0 Å². The van der Waals surface area contributed by atoms with Gasteiger partial charge in [-0.3, -0.25) is 0 Å². The van der Waals surface area contributed by atoms with Crippen LogP contribution < -0.4 is 0 Å². The zero-order valence-corrected chi connectivity index (χ0v) is 7.85. The molecule has 0 aromatic rings. The number of hydrogen-bond acceptors (Lipinski definition) is 4. The van der Waals surface area contributed by atoms with Crippen LogP contribution in [0.1, 0.15) is 6.92 Å². The maximum absolute atomic E-state index is 9.63. The highest BCUT2D eigenvalue weighted by atomic mass is 31.3. The Labute approximate surface area is 68.3 Å². The maximum Gasteiger partial charge on any atom is 0.478 e. The van der Waals surface area contributed by atoms with Crippen molar-refractivity contribution in [3.8, 4) is 0 Å². The summed E-state index contributed by atoms with van der Waals surface area (Å²) in [7, 11) is -10.1. The molecule has 0 unspecified atom stereocenters. The highest BCUT2D eigenvalue weighted by Gasteiger charge is 2.27. The predicted octanol–water partition coefficient (Wildman–Crippen LogP) is -0.813. The molecule has 0 fully saturated rings. The topological polar surface area (TPSA) is 145 Å². The predicted molar refractivity (Wildman–Crippen MR) is 37.9 cm³/mol. The largest absolute Gasteiger partial charge is 0.478 e. The van der Waals surface area contributed by atoms with E-state index < -0.39 is 15.6 Å². The van der Waals surface area contributed by atoms with Gasteiger partial charge >= 0.3 is 15.6 Å². The summed E-state index contributed by atoms with van der Waals surface area (Å²) in [6.45, 7) is 1.93. The van der Waals surface area contributed by atoms with Gasteiger partial charge in [-0.25, -0.2) is 9.13 Å². The maximum atomic E-state index is 9.63. The summed E-state index contributed by atoms with van der Waals surface area (Å²) >= 11 is 0. The van der Waals surface area contributed by atoms with Crippen LogP contribution in [0.4, 0.5) is 0 Å². The normalized spacial score (nSPS) is 11.8. The van der Waals surface area contributed by atoms with Crippen molar-refractivity contribution >= 4 is 15.6 Å². The summed E-state index contributed by atoms with van der Waals surface area (Å²) in [6.07, 6.45) is 0. The first-order valence-electron chi connectivity index (χ1n) is 2.55. The molecule has 5 N–H and O–H groups in total. The zero-order chi connectivity index (χ0) is 10.4. The molecular formula is C2H10O8P2. The Morgan fingerprint density at radius 1 is 1.08 bits per heavy atom. The van der Waals surface area contributed by atoms with Crippen molar-refractivity contribution in [3.63, 3.8) is 0 Å². The van der Waals surface area contributed by atoms with Gasteiger partial charge in [0.1, 0.15) is 0 Å². The average Bonchev–Trinajstić information content (AvgIpc) is 1.53. The quantitative estimate of drug-likeness (QED) is 0.383. The Bertz CT molecular complexity index is 167. The summed E-state index contributed by atoms with van der Waals surface area (Å²) in [4.78, 5) is 31.0. The van der Waals surface area contributed by atoms with Crippen LogP contribution in [0.3, 0.4) is 0 Å². The van der Waals surface area contributed by atoms with Gasteiger partial charge in [-0.15, -0.1) is 0 Å². The van der Waals surface area contributed by atoms with Crippen molar-refractivity contribution in [3.05, 3.63) is 0 Å². The van der Waals surface area contributed by atoms with E-state index in [0.717, 1.165) is 0 Å². The van der Waals surface area contributed by atoms with Gasteiger partial charge in [0.15, 0.2) is 0 Å². The fourth-order valence-corrected chi connectivity index (χ4v) is 1.25. The summed E-state index contributed by atoms with van der Waals surface area (Å²) in [5.74, 6) is 0. The van der Waals surface area contributed by atoms with Gasteiger partial charge in [0.05, 0.1) is 0 Å². The molecule has 0 aliphatic carbocycles. The van der Waals surface area contributed by atoms with E-state index in [9.17, 15) is 9.13 Å². The Hall–Kier alpha value is 0.220. The van der Waals surface area contributed by atoms with Crippen molar-refractivity contribution in [2.24, 2.45) is 0 Å². The number of hydrogen-bond donors (Lipinski definition) is 5. The Morgan fingerprint density at radius 2 is 1.25 bits per heavy atom. The molecule has 0 atom stereocenters. The van der Waals surface area contributed by atoms with Crippen molar-refractivity contribution in [2.45, 2.75) is 6.92 Å². The van der Waals surface area contributed by atoms with Gasteiger partial charge in [0.2, 0.25) is 0 Å². The van der Waals surface area contributed by atoms with Crippen LogP contribution in [0.2, 0.25) is 0 Å². The number of aliphatic hydroxyl groups is 1. The molecule has 0 rings (SSSR count). The molecule has 0 radical (unpaired) electrons. The first-order valence-corrected chi connectivity index (χ1v) is 5.61. The number of phosphoric acid groups is 2. The van der Waals surface area contributed by atoms with E-state index in [1.165, 1.54) is 0 Å². The van der Waals surface area contributed by atoms with Crippen LogP contribution in [0.5, 0.6) is 0 Å². The first kappa shape index (κ1) is 14.7. The van der Waals surface area contributed by atoms with Crippen molar-refractivity contribution < 1.29 is 38.1 Å². The molecule has 0 aromatic carbocycles. The first-order chi connectivity index (χ1) is 5.12.